The lowest BCUT2D eigenvalue weighted by atomic mass is 10.2. The van der Waals surface area contributed by atoms with Gasteiger partial charge in [-0.25, -0.2) is 8.42 Å². The van der Waals surface area contributed by atoms with E-state index < -0.39 is 22.0 Å². The Hall–Kier alpha value is -3.76. The van der Waals surface area contributed by atoms with Crippen LogP contribution in [0.3, 0.4) is 0 Å². The second-order valence-corrected chi connectivity index (χ2v) is 9.49. The molecule has 0 saturated carbocycles. The van der Waals surface area contributed by atoms with Crippen LogP contribution in [-0.4, -0.2) is 52.5 Å². The average Bonchev–Trinajstić information content (AvgIpc) is 3.34. The maximum absolute atomic E-state index is 12.8. The Morgan fingerprint density at radius 3 is 2.50 bits per heavy atom. The summed E-state index contributed by atoms with van der Waals surface area (Å²) in [5, 5.41) is 12.7. The molecule has 0 aromatic heterocycles. The van der Waals surface area contributed by atoms with Crippen LogP contribution >= 0.6 is 0 Å². The number of carbonyl (C=O) groups is 1. The van der Waals surface area contributed by atoms with E-state index in [1.807, 2.05) is 0 Å². The number of para-hydroxylation sites is 1. The first-order chi connectivity index (χ1) is 16.3. The van der Waals surface area contributed by atoms with Crippen LogP contribution in [0, 0.1) is 0 Å². The Bertz CT molecular complexity index is 1250. The summed E-state index contributed by atoms with van der Waals surface area (Å²) in [6.45, 7) is 0.0766. The number of nitrogens with one attached hydrogen (secondary N) is 1. The predicted molar refractivity (Wildman–Crippen MR) is 125 cm³/mol. The highest BCUT2D eigenvalue weighted by molar-refractivity contribution is 7.92. The number of ether oxygens (including phenoxy) is 3. The smallest absolute Gasteiger partial charge is 0.264 e. The van der Waals surface area contributed by atoms with Crippen molar-refractivity contribution in [1.82, 2.24) is 5.32 Å². The molecule has 2 N–H and O–H groups in total. The summed E-state index contributed by atoms with van der Waals surface area (Å²) < 4.78 is 42.9. The zero-order valence-corrected chi connectivity index (χ0v) is 19.2. The van der Waals surface area contributed by atoms with E-state index in [4.69, 9.17) is 14.2 Å². The van der Waals surface area contributed by atoms with Crippen LogP contribution in [-0.2, 0) is 10.0 Å². The van der Waals surface area contributed by atoms with Crippen molar-refractivity contribution in [2.45, 2.75) is 11.0 Å². The molecule has 34 heavy (non-hydrogen) atoms. The minimum Gasteiger partial charge on any atom is -0.491 e. The summed E-state index contributed by atoms with van der Waals surface area (Å²) >= 11 is 0. The first-order valence-electron chi connectivity index (χ1n) is 10.5. The number of aliphatic hydroxyl groups is 1. The van der Waals surface area contributed by atoms with Crippen molar-refractivity contribution < 1.29 is 32.5 Å². The normalized spacial score (nSPS) is 13.2. The van der Waals surface area contributed by atoms with Crippen LogP contribution in [0.25, 0.3) is 0 Å². The molecule has 9 nitrogen and oxygen atoms in total. The van der Waals surface area contributed by atoms with Crippen molar-refractivity contribution in [2.75, 3.05) is 31.3 Å². The number of anilines is 1. The van der Waals surface area contributed by atoms with Gasteiger partial charge >= 0.3 is 0 Å². The van der Waals surface area contributed by atoms with Crippen molar-refractivity contribution in [1.29, 1.82) is 0 Å². The molecule has 0 aliphatic carbocycles. The Morgan fingerprint density at radius 2 is 1.76 bits per heavy atom. The van der Waals surface area contributed by atoms with Gasteiger partial charge < -0.3 is 24.6 Å². The standard InChI is InChI=1S/C24H24N2O7S/c1-26(18-5-3-2-4-6-18)34(29,30)21-10-7-17(8-11-21)24(28)25-14-19(27)15-31-20-9-12-22-23(13-20)33-16-32-22/h2-13,19,27H,14-16H2,1H3,(H,25,28). The first-order valence-corrected chi connectivity index (χ1v) is 11.9. The fraction of sp³-hybridized carbons (Fsp3) is 0.208. The van der Waals surface area contributed by atoms with E-state index in [2.05, 4.69) is 5.32 Å². The molecule has 1 amide bonds. The molecule has 0 saturated heterocycles. The molecule has 1 heterocycles. The van der Waals surface area contributed by atoms with Gasteiger partial charge in [0.05, 0.1) is 10.6 Å². The van der Waals surface area contributed by atoms with E-state index in [-0.39, 0.29) is 30.4 Å². The van der Waals surface area contributed by atoms with Gasteiger partial charge in [-0.2, -0.15) is 0 Å². The zero-order chi connectivity index (χ0) is 24.1. The SMILES string of the molecule is CN(c1ccccc1)S(=O)(=O)c1ccc(C(=O)NCC(O)COc2ccc3c(c2)OCO3)cc1. The number of nitrogens with zero attached hydrogens (tertiary/aromatic N) is 1. The summed E-state index contributed by atoms with van der Waals surface area (Å²) in [4.78, 5) is 12.5. The van der Waals surface area contributed by atoms with E-state index in [0.717, 1.165) is 0 Å². The van der Waals surface area contributed by atoms with E-state index in [1.165, 1.54) is 35.6 Å². The summed E-state index contributed by atoms with van der Waals surface area (Å²) in [6, 6.07) is 19.4. The molecule has 1 aliphatic rings. The molecule has 3 aromatic carbocycles. The molecule has 0 bridgehead atoms. The van der Waals surface area contributed by atoms with Gasteiger partial charge in [0, 0.05) is 25.2 Å². The second kappa shape index (κ2) is 10.0. The Labute approximate surface area is 197 Å². The van der Waals surface area contributed by atoms with E-state index in [0.29, 0.717) is 22.9 Å². The number of rotatable bonds is 9. The molecule has 0 fully saturated rings. The number of carbonyl (C=O) groups excluding carboxylic acids is 1. The third kappa shape index (κ3) is 5.24. The molecular formula is C24H24N2O7S. The summed E-state index contributed by atoms with van der Waals surface area (Å²) in [6.07, 6.45) is -0.950. The van der Waals surface area contributed by atoms with Crippen molar-refractivity contribution >= 4 is 21.6 Å². The lowest BCUT2D eigenvalue weighted by Gasteiger charge is -2.19. The Morgan fingerprint density at radius 1 is 1.06 bits per heavy atom. The highest BCUT2D eigenvalue weighted by Gasteiger charge is 2.21. The van der Waals surface area contributed by atoms with Gasteiger partial charge in [0.2, 0.25) is 6.79 Å². The maximum Gasteiger partial charge on any atom is 0.264 e. The van der Waals surface area contributed by atoms with Crippen LogP contribution in [0.4, 0.5) is 5.69 Å². The van der Waals surface area contributed by atoms with Crippen LogP contribution in [0.1, 0.15) is 10.4 Å². The van der Waals surface area contributed by atoms with Gasteiger partial charge in [0.25, 0.3) is 15.9 Å². The highest BCUT2D eigenvalue weighted by atomic mass is 32.2. The quantitative estimate of drug-likeness (QED) is 0.479. The topological polar surface area (TPSA) is 114 Å². The minimum atomic E-state index is -3.77. The molecule has 4 rings (SSSR count). The van der Waals surface area contributed by atoms with Gasteiger partial charge in [-0.3, -0.25) is 9.10 Å². The van der Waals surface area contributed by atoms with E-state index in [1.54, 1.807) is 48.5 Å². The monoisotopic (exact) mass is 484 g/mol. The number of amides is 1. The minimum absolute atomic E-state index is 0.0388. The molecule has 10 heteroatoms. The summed E-state index contributed by atoms with van der Waals surface area (Å²) in [5.41, 5.74) is 0.798. The molecular weight excluding hydrogens is 460 g/mol. The third-order valence-electron chi connectivity index (χ3n) is 5.18. The van der Waals surface area contributed by atoms with Crippen LogP contribution in [0.15, 0.2) is 77.7 Å². The second-order valence-electron chi connectivity index (χ2n) is 7.52. The number of aliphatic hydroxyl groups excluding tert-OH is 1. The van der Waals surface area contributed by atoms with Crippen molar-refractivity contribution in [3.63, 3.8) is 0 Å². The zero-order valence-electron chi connectivity index (χ0n) is 18.4. The molecule has 1 aliphatic heterocycles. The summed E-state index contributed by atoms with van der Waals surface area (Å²) in [7, 11) is -2.30. The average molecular weight is 485 g/mol. The molecule has 0 spiro atoms. The maximum atomic E-state index is 12.8. The number of hydrogen-bond donors (Lipinski definition) is 2. The molecule has 1 atom stereocenters. The third-order valence-corrected chi connectivity index (χ3v) is 6.98. The fourth-order valence-corrected chi connectivity index (χ4v) is 4.44. The van der Waals surface area contributed by atoms with Gasteiger partial charge in [-0.15, -0.1) is 0 Å². The van der Waals surface area contributed by atoms with Gasteiger partial charge in [-0.1, -0.05) is 18.2 Å². The number of hydrogen-bond acceptors (Lipinski definition) is 7. The largest absolute Gasteiger partial charge is 0.491 e. The lowest BCUT2D eigenvalue weighted by Crippen LogP contribution is -2.35. The number of benzene rings is 3. The van der Waals surface area contributed by atoms with Crippen LogP contribution in [0.5, 0.6) is 17.2 Å². The van der Waals surface area contributed by atoms with Gasteiger partial charge in [-0.05, 0) is 48.5 Å². The van der Waals surface area contributed by atoms with Gasteiger partial charge in [0.15, 0.2) is 11.5 Å². The predicted octanol–water partition coefficient (Wildman–Crippen LogP) is 2.41. The first kappa shape index (κ1) is 23.4. The lowest BCUT2D eigenvalue weighted by molar-refractivity contribution is 0.0843. The van der Waals surface area contributed by atoms with Crippen LogP contribution in [0.2, 0.25) is 0 Å². The number of fused-ring (bicyclic) bond motifs is 1. The highest BCUT2D eigenvalue weighted by Crippen LogP contribution is 2.35. The van der Waals surface area contributed by atoms with Crippen molar-refractivity contribution in [3.8, 4) is 17.2 Å². The Kier molecular flexibility index (Phi) is 6.90. The van der Waals surface area contributed by atoms with Crippen LogP contribution < -0.4 is 23.8 Å². The molecule has 1 unspecified atom stereocenters. The van der Waals surface area contributed by atoms with Crippen molar-refractivity contribution in [2.24, 2.45) is 0 Å². The van der Waals surface area contributed by atoms with E-state index >= 15 is 0 Å². The Balaban J connectivity index is 1.29. The number of sulfonamides is 1. The summed E-state index contributed by atoms with van der Waals surface area (Å²) in [5.74, 6) is 1.26. The fourth-order valence-electron chi connectivity index (χ4n) is 3.24. The van der Waals surface area contributed by atoms with E-state index in [9.17, 15) is 18.3 Å². The molecule has 3 aromatic rings. The van der Waals surface area contributed by atoms with Crippen molar-refractivity contribution in [3.05, 3.63) is 78.4 Å². The molecule has 178 valence electrons. The molecule has 0 radical (unpaired) electrons. The van der Waals surface area contributed by atoms with Gasteiger partial charge in [0.1, 0.15) is 18.5 Å².